The van der Waals surface area contributed by atoms with Crippen LogP contribution in [-0.2, 0) is 21.2 Å². The topological polar surface area (TPSA) is 99.7 Å². The van der Waals surface area contributed by atoms with Gasteiger partial charge in [-0.05, 0) is 12.0 Å². The number of carbonyl (C=O) groups is 1. The van der Waals surface area contributed by atoms with E-state index in [-0.39, 0.29) is 47.4 Å². The smallest absolute Gasteiger partial charge is 0.222 e. The zero-order valence-corrected chi connectivity index (χ0v) is 17.3. The van der Waals surface area contributed by atoms with Crippen LogP contribution in [0.4, 0.5) is 0 Å². The summed E-state index contributed by atoms with van der Waals surface area (Å²) in [4.78, 5) is 15.9. The van der Waals surface area contributed by atoms with Crippen LogP contribution in [0.25, 0.3) is 0 Å². The van der Waals surface area contributed by atoms with Crippen molar-refractivity contribution >= 4 is 45.7 Å². The molecule has 1 unspecified atom stereocenters. The molecule has 25 heavy (non-hydrogen) atoms. The van der Waals surface area contributed by atoms with Gasteiger partial charge in [0.25, 0.3) is 0 Å². The van der Waals surface area contributed by atoms with Crippen LogP contribution < -0.4 is 16.0 Å². The Hall–Kier alpha value is -1.36. The summed E-state index contributed by atoms with van der Waals surface area (Å²) in [5.41, 5.74) is 1.05. The number of amides is 1. The average molecular weight is 480 g/mol. The Kier molecular flexibility index (Phi) is 9.19. The summed E-state index contributed by atoms with van der Waals surface area (Å²) in [5, 5.41) is 8.97. The minimum atomic E-state index is -2.93. The predicted octanol–water partition coefficient (Wildman–Crippen LogP) is 0.663. The van der Waals surface area contributed by atoms with Crippen molar-refractivity contribution in [3.8, 4) is 0 Å². The van der Waals surface area contributed by atoms with Gasteiger partial charge in [-0.15, -0.1) is 24.0 Å². The summed E-state index contributed by atoms with van der Waals surface area (Å²) in [6.45, 7) is 0.937. The van der Waals surface area contributed by atoms with Crippen LogP contribution in [0.1, 0.15) is 18.4 Å². The summed E-state index contributed by atoms with van der Waals surface area (Å²) in [6.07, 6.45) is 0.900. The number of nitrogens with zero attached hydrogens (tertiary/aromatic N) is 1. The third-order valence-corrected chi connectivity index (χ3v) is 5.54. The van der Waals surface area contributed by atoms with E-state index in [1.54, 1.807) is 7.05 Å². The van der Waals surface area contributed by atoms with Gasteiger partial charge in [0.2, 0.25) is 5.91 Å². The molecule has 0 aliphatic carbocycles. The summed E-state index contributed by atoms with van der Waals surface area (Å²) >= 11 is 0. The van der Waals surface area contributed by atoms with Gasteiger partial charge in [-0.2, -0.15) is 0 Å². The van der Waals surface area contributed by atoms with Crippen LogP contribution in [0.5, 0.6) is 0 Å². The minimum absolute atomic E-state index is 0. The highest BCUT2D eigenvalue weighted by atomic mass is 127. The van der Waals surface area contributed by atoms with Gasteiger partial charge in [-0.25, -0.2) is 8.42 Å². The van der Waals surface area contributed by atoms with Gasteiger partial charge in [0, 0.05) is 32.6 Å². The van der Waals surface area contributed by atoms with Crippen molar-refractivity contribution in [1.29, 1.82) is 0 Å². The first-order chi connectivity index (χ1) is 11.5. The molecule has 9 heteroatoms. The fourth-order valence-electron chi connectivity index (χ4n) is 2.48. The molecule has 7 nitrogen and oxygen atoms in total. The highest BCUT2D eigenvalue weighted by molar-refractivity contribution is 14.0. The van der Waals surface area contributed by atoms with E-state index in [0.29, 0.717) is 31.9 Å². The molecule has 1 amide bonds. The molecular formula is C16H25IN4O3S. The second kappa shape index (κ2) is 10.6. The standard InChI is InChI=1S/C16H24N4O3S.HI/c1-17-16(20-14-8-10-24(22,23)12-14)18-9-7-15(21)19-11-13-5-3-2-4-6-13;/h2-6,14H,7-12H2,1H3,(H,19,21)(H2,17,18,20);1H. The zero-order valence-electron chi connectivity index (χ0n) is 14.2. The molecular weight excluding hydrogens is 455 g/mol. The van der Waals surface area contributed by atoms with E-state index in [9.17, 15) is 13.2 Å². The second-order valence-electron chi connectivity index (χ2n) is 5.76. The maximum absolute atomic E-state index is 11.8. The predicted molar refractivity (Wildman–Crippen MR) is 110 cm³/mol. The Balaban J connectivity index is 0.00000312. The third kappa shape index (κ3) is 8.04. The van der Waals surface area contributed by atoms with Crippen molar-refractivity contribution in [1.82, 2.24) is 16.0 Å². The van der Waals surface area contributed by atoms with Crippen molar-refractivity contribution in [2.24, 2.45) is 4.99 Å². The van der Waals surface area contributed by atoms with Gasteiger partial charge >= 0.3 is 0 Å². The van der Waals surface area contributed by atoms with Crippen LogP contribution in [0.15, 0.2) is 35.3 Å². The molecule has 1 fully saturated rings. The zero-order chi connectivity index (χ0) is 17.4. The summed E-state index contributed by atoms with van der Waals surface area (Å²) < 4.78 is 22.9. The Morgan fingerprint density at radius 3 is 2.56 bits per heavy atom. The lowest BCUT2D eigenvalue weighted by Gasteiger charge is -2.16. The number of nitrogens with one attached hydrogen (secondary N) is 3. The quantitative estimate of drug-likeness (QED) is 0.316. The van der Waals surface area contributed by atoms with Crippen LogP contribution in [0.2, 0.25) is 0 Å². The van der Waals surface area contributed by atoms with Crippen molar-refractivity contribution < 1.29 is 13.2 Å². The fraction of sp³-hybridized carbons (Fsp3) is 0.500. The number of aliphatic imine (C=N–C) groups is 1. The highest BCUT2D eigenvalue weighted by Crippen LogP contribution is 2.10. The fourth-order valence-corrected chi connectivity index (χ4v) is 4.15. The number of hydrogen-bond donors (Lipinski definition) is 3. The number of sulfone groups is 1. The van der Waals surface area contributed by atoms with Gasteiger partial charge in [-0.3, -0.25) is 9.79 Å². The van der Waals surface area contributed by atoms with Gasteiger partial charge in [-0.1, -0.05) is 30.3 Å². The average Bonchev–Trinajstić information content (AvgIpc) is 2.91. The first-order valence-electron chi connectivity index (χ1n) is 7.97. The van der Waals surface area contributed by atoms with E-state index < -0.39 is 9.84 Å². The molecule has 1 heterocycles. The first-order valence-corrected chi connectivity index (χ1v) is 9.79. The highest BCUT2D eigenvalue weighted by Gasteiger charge is 2.28. The van der Waals surface area contributed by atoms with Crippen molar-refractivity contribution in [2.75, 3.05) is 25.1 Å². The number of halogens is 1. The Morgan fingerprint density at radius 2 is 1.96 bits per heavy atom. The van der Waals surface area contributed by atoms with Crippen LogP contribution in [0.3, 0.4) is 0 Å². The first kappa shape index (κ1) is 21.7. The molecule has 0 aromatic heterocycles. The Morgan fingerprint density at radius 1 is 1.24 bits per heavy atom. The SMILES string of the molecule is CN=C(NCCC(=O)NCc1ccccc1)NC1CCS(=O)(=O)C1.I. The molecule has 1 atom stereocenters. The van der Waals surface area contributed by atoms with E-state index >= 15 is 0 Å². The molecule has 0 saturated carbocycles. The summed E-state index contributed by atoms with van der Waals surface area (Å²) in [7, 11) is -1.31. The van der Waals surface area contributed by atoms with Crippen molar-refractivity contribution in [2.45, 2.75) is 25.4 Å². The molecule has 140 valence electrons. The van der Waals surface area contributed by atoms with Gasteiger partial charge in [0.05, 0.1) is 11.5 Å². The van der Waals surface area contributed by atoms with E-state index in [0.717, 1.165) is 5.56 Å². The maximum atomic E-state index is 11.8. The lowest BCUT2D eigenvalue weighted by molar-refractivity contribution is -0.121. The van der Waals surface area contributed by atoms with Crippen LogP contribution >= 0.6 is 24.0 Å². The van der Waals surface area contributed by atoms with Gasteiger partial charge < -0.3 is 16.0 Å². The van der Waals surface area contributed by atoms with Gasteiger partial charge in [0.15, 0.2) is 15.8 Å². The molecule has 1 aliphatic heterocycles. The molecule has 0 spiro atoms. The normalized spacial score (nSPS) is 18.9. The van der Waals surface area contributed by atoms with Crippen LogP contribution in [0, 0.1) is 0 Å². The van der Waals surface area contributed by atoms with Crippen LogP contribution in [-0.4, -0.2) is 51.4 Å². The van der Waals surface area contributed by atoms with Crippen molar-refractivity contribution in [3.05, 3.63) is 35.9 Å². The minimum Gasteiger partial charge on any atom is -0.356 e. The van der Waals surface area contributed by atoms with E-state index in [1.807, 2.05) is 30.3 Å². The largest absolute Gasteiger partial charge is 0.356 e. The molecule has 1 aromatic carbocycles. The molecule has 0 radical (unpaired) electrons. The molecule has 2 rings (SSSR count). The molecule has 1 aliphatic rings. The van der Waals surface area contributed by atoms with Crippen molar-refractivity contribution in [3.63, 3.8) is 0 Å². The summed E-state index contributed by atoms with van der Waals surface area (Å²) in [6, 6.07) is 9.60. The van der Waals surface area contributed by atoms with E-state index in [1.165, 1.54) is 0 Å². The van der Waals surface area contributed by atoms with E-state index in [4.69, 9.17) is 0 Å². The lowest BCUT2D eigenvalue weighted by atomic mass is 10.2. The Labute approximate surface area is 166 Å². The Bertz CT molecular complexity index is 680. The molecule has 3 N–H and O–H groups in total. The monoisotopic (exact) mass is 480 g/mol. The lowest BCUT2D eigenvalue weighted by Crippen LogP contribution is -2.44. The molecule has 0 bridgehead atoms. The number of rotatable bonds is 6. The van der Waals surface area contributed by atoms with E-state index in [2.05, 4.69) is 20.9 Å². The number of benzene rings is 1. The maximum Gasteiger partial charge on any atom is 0.222 e. The molecule has 1 saturated heterocycles. The molecule has 1 aromatic rings. The summed E-state index contributed by atoms with van der Waals surface area (Å²) in [5.74, 6) is 0.813. The van der Waals surface area contributed by atoms with Gasteiger partial charge in [0.1, 0.15) is 0 Å². The number of hydrogen-bond acceptors (Lipinski definition) is 4. The number of carbonyl (C=O) groups excluding carboxylic acids is 1. The number of guanidine groups is 1. The third-order valence-electron chi connectivity index (χ3n) is 3.77. The second-order valence-corrected chi connectivity index (χ2v) is 7.98.